The molecule has 0 amide bonds. The van der Waals surface area contributed by atoms with Gasteiger partial charge >= 0.3 is 0 Å². The second-order valence-corrected chi connectivity index (χ2v) is 13.6. The molecular weight excluding hydrogens is 364 g/mol. The van der Waals surface area contributed by atoms with Gasteiger partial charge in [0.15, 0.2) is 0 Å². The molecule has 2 heteroatoms. The van der Waals surface area contributed by atoms with Crippen LogP contribution in [0.15, 0.2) is 47.1 Å². The van der Waals surface area contributed by atoms with Gasteiger partial charge in [0.05, 0.1) is 0 Å². The van der Waals surface area contributed by atoms with Crippen molar-refractivity contribution in [3.8, 4) is 0 Å². The number of nitrogens with one attached hydrogen (secondary N) is 2. The van der Waals surface area contributed by atoms with Crippen molar-refractivity contribution >= 4 is 0 Å². The summed E-state index contributed by atoms with van der Waals surface area (Å²) in [4.78, 5) is 0. The first kappa shape index (κ1) is 20.8. The van der Waals surface area contributed by atoms with Gasteiger partial charge in [-0.2, -0.15) is 0 Å². The topological polar surface area (TPSA) is 24.1 Å². The van der Waals surface area contributed by atoms with Crippen LogP contribution in [0.25, 0.3) is 0 Å². The lowest BCUT2D eigenvalue weighted by molar-refractivity contribution is 0.219. The van der Waals surface area contributed by atoms with E-state index in [9.17, 15) is 0 Å². The highest BCUT2D eigenvalue weighted by molar-refractivity contribution is 5.49. The lowest BCUT2D eigenvalue weighted by Crippen LogP contribution is -2.56. The fourth-order valence-corrected chi connectivity index (χ4v) is 8.29. The maximum Gasteiger partial charge on any atom is 0.0314 e. The van der Waals surface area contributed by atoms with Crippen molar-refractivity contribution in [3.63, 3.8) is 0 Å². The van der Waals surface area contributed by atoms with Gasteiger partial charge in [-0.25, -0.2) is 0 Å². The predicted octanol–water partition coefficient (Wildman–Crippen LogP) is 6.08. The summed E-state index contributed by atoms with van der Waals surface area (Å²) in [5.41, 5.74) is 5.88. The molecule has 3 aliphatic carbocycles. The molecule has 2 nitrogen and oxygen atoms in total. The molecule has 5 rings (SSSR count). The summed E-state index contributed by atoms with van der Waals surface area (Å²) in [6, 6.07) is 0. The average Bonchev–Trinajstić information content (AvgIpc) is 3.21. The maximum absolute atomic E-state index is 3.87. The third-order valence-electron chi connectivity index (χ3n) is 8.32. The lowest BCUT2D eigenvalue weighted by Gasteiger charge is -2.47. The molecule has 2 bridgehead atoms. The van der Waals surface area contributed by atoms with Gasteiger partial charge < -0.3 is 10.6 Å². The summed E-state index contributed by atoms with van der Waals surface area (Å²) in [5, 5.41) is 7.71. The van der Waals surface area contributed by atoms with Gasteiger partial charge in [-0.05, 0) is 104 Å². The Bertz CT molecular complexity index is 874. The van der Waals surface area contributed by atoms with Gasteiger partial charge in [-0.15, -0.1) is 0 Å². The Labute approximate surface area is 184 Å². The summed E-state index contributed by atoms with van der Waals surface area (Å²) in [7, 11) is 0. The molecule has 0 aromatic carbocycles. The molecule has 4 atom stereocenters. The number of fused-ring (bicyclic) bond motifs is 5. The van der Waals surface area contributed by atoms with Crippen molar-refractivity contribution < 1.29 is 0 Å². The Morgan fingerprint density at radius 3 is 2.07 bits per heavy atom. The minimum Gasteiger partial charge on any atom is -0.306 e. The summed E-state index contributed by atoms with van der Waals surface area (Å²) in [6.45, 7) is 18.9. The van der Waals surface area contributed by atoms with Crippen LogP contribution in [0.1, 0.15) is 81.1 Å². The highest BCUT2D eigenvalue weighted by Crippen LogP contribution is 2.66. The summed E-state index contributed by atoms with van der Waals surface area (Å²) in [5.74, 6) is 2.04. The minimum atomic E-state index is 0.0581. The molecule has 0 aromatic heterocycles. The molecule has 0 spiro atoms. The van der Waals surface area contributed by atoms with E-state index in [2.05, 4.69) is 96.4 Å². The van der Waals surface area contributed by atoms with Crippen molar-refractivity contribution in [1.82, 2.24) is 10.6 Å². The number of allylic oxidation sites excluding steroid dienone is 5. The van der Waals surface area contributed by atoms with E-state index >= 15 is 0 Å². The first-order valence-corrected chi connectivity index (χ1v) is 12.1. The van der Waals surface area contributed by atoms with E-state index in [1.165, 1.54) is 19.3 Å². The summed E-state index contributed by atoms with van der Waals surface area (Å²) < 4.78 is 0. The highest BCUT2D eigenvalue weighted by atomic mass is 15.0. The van der Waals surface area contributed by atoms with Crippen LogP contribution in [-0.4, -0.2) is 22.2 Å². The van der Waals surface area contributed by atoms with Crippen molar-refractivity contribution in [2.24, 2.45) is 23.2 Å². The van der Waals surface area contributed by atoms with Crippen molar-refractivity contribution in [2.45, 2.75) is 103 Å². The monoisotopic (exact) mass is 406 g/mol. The van der Waals surface area contributed by atoms with Crippen LogP contribution in [0.3, 0.4) is 0 Å². The molecular formula is C28H42N2. The normalized spacial score (nSPS) is 41.9. The Balaban J connectivity index is 1.53. The van der Waals surface area contributed by atoms with Crippen LogP contribution in [-0.2, 0) is 0 Å². The Morgan fingerprint density at radius 2 is 1.43 bits per heavy atom. The summed E-state index contributed by atoms with van der Waals surface area (Å²) >= 11 is 0. The zero-order valence-electron chi connectivity index (χ0n) is 20.4. The van der Waals surface area contributed by atoms with Gasteiger partial charge in [0.1, 0.15) is 0 Å². The van der Waals surface area contributed by atoms with Gasteiger partial charge in [-0.1, -0.05) is 41.5 Å². The standard InChI is InChI=1S/C28H42N2/c1-24(2)13-19(14-25(3,4)29-24)21-9-10-22-23(21)18-11-12-28(22,15-18)20-16-26(5,6)30-27(7,8)17-20/h9-12,16,18,22-23,29-30H,13-15,17H2,1-8H3/t18-,22+,23-,28+/m0/s1. The minimum absolute atomic E-state index is 0.0581. The van der Waals surface area contributed by atoms with Crippen molar-refractivity contribution in [3.05, 3.63) is 47.1 Å². The second kappa shape index (κ2) is 6.01. The molecule has 30 heavy (non-hydrogen) atoms. The van der Waals surface area contributed by atoms with Crippen LogP contribution < -0.4 is 10.6 Å². The van der Waals surface area contributed by atoms with E-state index in [0.29, 0.717) is 17.8 Å². The van der Waals surface area contributed by atoms with E-state index in [1.54, 1.807) is 16.7 Å². The number of piperidine rings is 1. The highest BCUT2D eigenvalue weighted by Gasteiger charge is 2.59. The first-order valence-electron chi connectivity index (χ1n) is 12.1. The van der Waals surface area contributed by atoms with E-state index in [0.717, 1.165) is 6.42 Å². The predicted molar refractivity (Wildman–Crippen MR) is 127 cm³/mol. The molecule has 0 aromatic rings. The molecule has 2 aliphatic heterocycles. The van der Waals surface area contributed by atoms with E-state index in [4.69, 9.17) is 0 Å². The molecule has 2 N–H and O–H groups in total. The smallest absolute Gasteiger partial charge is 0.0314 e. The Morgan fingerprint density at radius 1 is 0.800 bits per heavy atom. The fraction of sp³-hybridized carbons (Fsp3) is 0.714. The van der Waals surface area contributed by atoms with Crippen molar-refractivity contribution in [1.29, 1.82) is 0 Å². The van der Waals surface area contributed by atoms with Crippen LogP contribution in [0.2, 0.25) is 0 Å². The molecule has 5 aliphatic rings. The van der Waals surface area contributed by atoms with E-state index in [1.807, 2.05) is 0 Å². The first-order chi connectivity index (χ1) is 13.7. The molecule has 0 unspecified atom stereocenters. The third-order valence-corrected chi connectivity index (χ3v) is 8.32. The largest absolute Gasteiger partial charge is 0.306 e. The van der Waals surface area contributed by atoms with Crippen LogP contribution in [0, 0.1) is 23.2 Å². The van der Waals surface area contributed by atoms with Crippen molar-refractivity contribution in [2.75, 3.05) is 0 Å². The van der Waals surface area contributed by atoms with Crippen LogP contribution in [0.4, 0.5) is 0 Å². The molecule has 164 valence electrons. The lowest BCUT2D eigenvalue weighted by atomic mass is 9.64. The number of hydrogen-bond donors (Lipinski definition) is 2. The van der Waals surface area contributed by atoms with Crippen LogP contribution in [0.5, 0.6) is 0 Å². The van der Waals surface area contributed by atoms with Gasteiger partial charge in [0.25, 0.3) is 0 Å². The number of rotatable bonds is 1. The third kappa shape index (κ3) is 3.21. The fourth-order valence-electron chi connectivity index (χ4n) is 8.29. The molecule has 1 saturated carbocycles. The maximum atomic E-state index is 3.87. The quantitative estimate of drug-likeness (QED) is 0.516. The van der Waals surface area contributed by atoms with Gasteiger partial charge in [-0.3, -0.25) is 0 Å². The molecule has 2 fully saturated rings. The molecule has 2 heterocycles. The second-order valence-electron chi connectivity index (χ2n) is 13.6. The molecule has 1 saturated heterocycles. The van der Waals surface area contributed by atoms with Crippen LogP contribution >= 0.6 is 0 Å². The number of hydrogen-bond acceptors (Lipinski definition) is 2. The van der Waals surface area contributed by atoms with E-state index in [-0.39, 0.29) is 27.6 Å². The van der Waals surface area contributed by atoms with E-state index < -0.39 is 0 Å². The Hall–Kier alpha value is -1.12. The zero-order chi connectivity index (χ0) is 21.7. The van der Waals surface area contributed by atoms with Gasteiger partial charge in [0.2, 0.25) is 0 Å². The zero-order valence-corrected chi connectivity index (χ0v) is 20.4. The SMILES string of the molecule is CC1(C)C=C([C@@]23C=C[C@@H](C2)[C@H]2C(=C4CC(C)(C)NC(C)(C)C4)C=C[C@H]23)CC(C)(C)N1. The average molecular weight is 407 g/mol. The summed E-state index contributed by atoms with van der Waals surface area (Å²) in [6.07, 6.45) is 17.7. The Kier molecular flexibility index (Phi) is 4.16. The molecule has 0 radical (unpaired) electrons. The van der Waals surface area contributed by atoms with Gasteiger partial charge in [0, 0.05) is 27.6 Å².